The van der Waals surface area contributed by atoms with Crippen LogP contribution in [0.2, 0.25) is 0 Å². The number of carbonyl (C=O) groups excluding carboxylic acids is 1. The first-order valence-electron chi connectivity index (χ1n) is 6.66. The van der Waals surface area contributed by atoms with Gasteiger partial charge in [0.05, 0.1) is 23.4 Å². The van der Waals surface area contributed by atoms with Crippen LogP contribution in [0.15, 0.2) is 18.2 Å². The van der Waals surface area contributed by atoms with Crippen molar-refractivity contribution in [2.45, 2.75) is 31.4 Å². The summed E-state index contributed by atoms with van der Waals surface area (Å²) in [4.78, 5) is 12.2. The highest BCUT2D eigenvalue weighted by atomic mass is 16.5. The molecule has 1 aliphatic carbocycles. The lowest BCUT2D eigenvalue weighted by molar-refractivity contribution is 0.0728. The SMILES string of the molecule is Nc1cccc(C(=O)NC2CCOC2C2CC2)c1O. The highest BCUT2D eigenvalue weighted by Crippen LogP contribution is 2.39. The molecule has 0 radical (unpaired) electrons. The smallest absolute Gasteiger partial charge is 0.255 e. The predicted molar refractivity (Wildman–Crippen MR) is 70.9 cm³/mol. The second-order valence-corrected chi connectivity index (χ2v) is 5.28. The van der Waals surface area contributed by atoms with E-state index in [9.17, 15) is 9.90 Å². The Morgan fingerprint density at radius 1 is 1.37 bits per heavy atom. The molecular weight excluding hydrogens is 244 g/mol. The number of hydrogen-bond acceptors (Lipinski definition) is 4. The maximum atomic E-state index is 12.2. The zero-order chi connectivity index (χ0) is 13.4. The van der Waals surface area contributed by atoms with Gasteiger partial charge in [0.15, 0.2) is 5.75 Å². The third-order valence-corrected chi connectivity index (χ3v) is 3.85. The van der Waals surface area contributed by atoms with Crippen LogP contribution in [-0.2, 0) is 4.74 Å². The average Bonchev–Trinajstić information content (AvgIpc) is 3.13. The Bertz CT molecular complexity index is 499. The van der Waals surface area contributed by atoms with E-state index in [0.717, 1.165) is 6.42 Å². The Hall–Kier alpha value is -1.75. The fourth-order valence-corrected chi connectivity index (χ4v) is 2.65. The number of benzene rings is 1. The molecule has 3 rings (SSSR count). The van der Waals surface area contributed by atoms with E-state index >= 15 is 0 Å². The first-order chi connectivity index (χ1) is 9.16. The second kappa shape index (κ2) is 4.74. The lowest BCUT2D eigenvalue weighted by Crippen LogP contribution is -2.41. The Morgan fingerprint density at radius 3 is 2.89 bits per heavy atom. The number of amides is 1. The highest BCUT2D eigenvalue weighted by molar-refractivity contribution is 5.98. The third kappa shape index (κ3) is 2.38. The summed E-state index contributed by atoms with van der Waals surface area (Å²) in [5.74, 6) is 0.148. The first-order valence-corrected chi connectivity index (χ1v) is 6.66. The standard InChI is InChI=1S/C14H18N2O3/c15-10-3-1-2-9(12(10)17)14(18)16-11-6-7-19-13(11)8-4-5-8/h1-3,8,11,13,17H,4-7,15H2,(H,16,18). The van der Waals surface area contributed by atoms with Gasteiger partial charge in [0, 0.05) is 6.61 Å². The predicted octanol–water partition coefficient (Wildman–Crippen LogP) is 1.27. The van der Waals surface area contributed by atoms with Gasteiger partial charge in [-0.3, -0.25) is 4.79 Å². The van der Waals surface area contributed by atoms with E-state index in [-0.39, 0.29) is 35.1 Å². The van der Waals surface area contributed by atoms with Gasteiger partial charge in [-0.05, 0) is 37.3 Å². The number of rotatable bonds is 3. The summed E-state index contributed by atoms with van der Waals surface area (Å²) in [6.07, 6.45) is 3.32. The van der Waals surface area contributed by atoms with Crippen molar-refractivity contribution in [3.8, 4) is 5.75 Å². The second-order valence-electron chi connectivity index (χ2n) is 5.28. The van der Waals surface area contributed by atoms with Crippen molar-refractivity contribution < 1.29 is 14.6 Å². The quantitative estimate of drug-likeness (QED) is 0.566. The highest BCUT2D eigenvalue weighted by Gasteiger charge is 2.41. The van der Waals surface area contributed by atoms with E-state index < -0.39 is 0 Å². The molecule has 0 spiro atoms. The van der Waals surface area contributed by atoms with Crippen molar-refractivity contribution in [1.29, 1.82) is 0 Å². The van der Waals surface area contributed by atoms with Gasteiger partial charge < -0.3 is 20.9 Å². The van der Waals surface area contributed by atoms with E-state index in [0.29, 0.717) is 12.5 Å². The van der Waals surface area contributed by atoms with Crippen molar-refractivity contribution in [2.24, 2.45) is 5.92 Å². The Labute approximate surface area is 111 Å². The minimum Gasteiger partial charge on any atom is -0.505 e. The van der Waals surface area contributed by atoms with Crippen molar-refractivity contribution >= 4 is 11.6 Å². The number of aromatic hydroxyl groups is 1. The molecule has 1 amide bonds. The number of nitrogens with two attached hydrogens (primary N) is 1. The van der Waals surface area contributed by atoms with Crippen molar-refractivity contribution in [1.82, 2.24) is 5.32 Å². The van der Waals surface area contributed by atoms with Crippen LogP contribution in [0, 0.1) is 5.92 Å². The molecule has 2 fully saturated rings. The topological polar surface area (TPSA) is 84.6 Å². The third-order valence-electron chi connectivity index (χ3n) is 3.85. The average molecular weight is 262 g/mol. The molecule has 2 aliphatic rings. The maximum Gasteiger partial charge on any atom is 0.255 e. The molecule has 1 saturated heterocycles. The minimum absolute atomic E-state index is 0.0424. The van der Waals surface area contributed by atoms with Crippen molar-refractivity contribution in [3.05, 3.63) is 23.8 Å². The first kappa shape index (κ1) is 12.3. The molecule has 2 atom stereocenters. The maximum absolute atomic E-state index is 12.2. The zero-order valence-electron chi connectivity index (χ0n) is 10.6. The number of anilines is 1. The summed E-state index contributed by atoms with van der Waals surface area (Å²) in [5.41, 5.74) is 6.04. The molecule has 1 aliphatic heterocycles. The van der Waals surface area contributed by atoms with Crippen LogP contribution in [0.4, 0.5) is 5.69 Å². The number of nitrogens with one attached hydrogen (secondary N) is 1. The van der Waals surface area contributed by atoms with Crippen LogP contribution in [0.3, 0.4) is 0 Å². The number of phenolic OH excluding ortho intramolecular Hbond substituents is 1. The van der Waals surface area contributed by atoms with E-state index in [2.05, 4.69) is 5.32 Å². The fraction of sp³-hybridized carbons (Fsp3) is 0.500. The number of carbonyl (C=O) groups is 1. The molecule has 5 nitrogen and oxygen atoms in total. The molecule has 19 heavy (non-hydrogen) atoms. The van der Waals surface area contributed by atoms with Gasteiger partial charge in [0.25, 0.3) is 5.91 Å². The van der Waals surface area contributed by atoms with Gasteiger partial charge in [-0.25, -0.2) is 0 Å². The molecule has 0 aromatic heterocycles. The zero-order valence-corrected chi connectivity index (χ0v) is 10.6. The molecule has 4 N–H and O–H groups in total. The minimum atomic E-state index is -0.286. The van der Waals surface area contributed by atoms with Gasteiger partial charge in [-0.15, -0.1) is 0 Å². The fourth-order valence-electron chi connectivity index (χ4n) is 2.65. The largest absolute Gasteiger partial charge is 0.505 e. The van der Waals surface area contributed by atoms with Crippen molar-refractivity contribution in [3.63, 3.8) is 0 Å². The van der Waals surface area contributed by atoms with Crippen LogP contribution in [0.25, 0.3) is 0 Å². The van der Waals surface area contributed by atoms with Gasteiger partial charge in [0.1, 0.15) is 0 Å². The molecule has 102 valence electrons. The van der Waals surface area contributed by atoms with Crippen LogP contribution in [0.1, 0.15) is 29.6 Å². The Morgan fingerprint density at radius 2 is 2.16 bits per heavy atom. The molecule has 1 aromatic rings. The lowest BCUT2D eigenvalue weighted by atomic mass is 10.1. The number of para-hydroxylation sites is 1. The van der Waals surface area contributed by atoms with Gasteiger partial charge in [-0.2, -0.15) is 0 Å². The van der Waals surface area contributed by atoms with E-state index in [1.807, 2.05) is 0 Å². The molecular formula is C14H18N2O3. The number of nitrogen functional groups attached to an aromatic ring is 1. The molecule has 5 heteroatoms. The molecule has 0 bridgehead atoms. The summed E-state index contributed by atoms with van der Waals surface area (Å²) in [7, 11) is 0. The summed E-state index contributed by atoms with van der Waals surface area (Å²) in [5, 5.41) is 12.8. The summed E-state index contributed by atoms with van der Waals surface area (Å²) >= 11 is 0. The molecule has 1 aromatic carbocycles. The number of ether oxygens (including phenoxy) is 1. The summed E-state index contributed by atoms with van der Waals surface area (Å²) in [6.45, 7) is 0.690. The van der Waals surface area contributed by atoms with Crippen LogP contribution in [-0.4, -0.2) is 29.8 Å². The van der Waals surface area contributed by atoms with Gasteiger partial charge in [0.2, 0.25) is 0 Å². The molecule has 1 heterocycles. The number of hydrogen-bond donors (Lipinski definition) is 3. The Balaban J connectivity index is 1.72. The van der Waals surface area contributed by atoms with E-state index in [4.69, 9.17) is 10.5 Å². The van der Waals surface area contributed by atoms with Crippen LogP contribution < -0.4 is 11.1 Å². The monoisotopic (exact) mass is 262 g/mol. The normalized spacial score (nSPS) is 26.3. The van der Waals surface area contributed by atoms with Crippen LogP contribution >= 0.6 is 0 Å². The van der Waals surface area contributed by atoms with E-state index in [1.165, 1.54) is 12.8 Å². The van der Waals surface area contributed by atoms with E-state index in [1.54, 1.807) is 18.2 Å². The van der Waals surface area contributed by atoms with Gasteiger partial charge >= 0.3 is 0 Å². The number of phenols is 1. The molecule has 2 unspecified atom stereocenters. The molecule has 1 saturated carbocycles. The van der Waals surface area contributed by atoms with Gasteiger partial charge in [-0.1, -0.05) is 6.07 Å². The Kier molecular flexibility index (Phi) is 3.06. The van der Waals surface area contributed by atoms with Crippen LogP contribution in [0.5, 0.6) is 5.75 Å². The lowest BCUT2D eigenvalue weighted by Gasteiger charge is -2.19. The summed E-state index contributed by atoms with van der Waals surface area (Å²) in [6, 6.07) is 4.84. The van der Waals surface area contributed by atoms with Crippen molar-refractivity contribution in [2.75, 3.05) is 12.3 Å². The summed E-state index contributed by atoms with van der Waals surface area (Å²) < 4.78 is 5.68.